The van der Waals surface area contributed by atoms with Crippen LogP contribution in [0.15, 0.2) is 24.3 Å². The number of hydrogen-bond acceptors (Lipinski definition) is 3. The maximum Gasteiger partial charge on any atom is 0.334 e. The fraction of sp³-hybridized carbons (Fsp3) is 0.467. The van der Waals surface area contributed by atoms with Gasteiger partial charge in [-0.05, 0) is 30.0 Å². The Balaban J connectivity index is 1.63. The van der Waals surface area contributed by atoms with Crippen LogP contribution >= 0.6 is 0 Å². The molecule has 2 aliphatic rings. The van der Waals surface area contributed by atoms with Gasteiger partial charge >= 0.3 is 5.97 Å². The van der Waals surface area contributed by atoms with Gasteiger partial charge in [0.15, 0.2) is 6.10 Å². The van der Waals surface area contributed by atoms with Gasteiger partial charge in [-0.25, -0.2) is 9.18 Å². The van der Waals surface area contributed by atoms with Gasteiger partial charge in [0.1, 0.15) is 5.82 Å². The van der Waals surface area contributed by atoms with Crippen LogP contribution in [0.1, 0.15) is 17.9 Å². The summed E-state index contributed by atoms with van der Waals surface area (Å²) in [5, 5.41) is 8.95. The van der Waals surface area contributed by atoms with Crippen molar-refractivity contribution in [3.63, 3.8) is 0 Å². The number of nitrogens with zero attached hydrogens (tertiary/aromatic N) is 1. The molecule has 112 valence electrons. The monoisotopic (exact) mass is 293 g/mol. The van der Waals surface area contributed by atoms with Crippen molar-refractivity contribution in [3.05, 3.63) is 35.6 Å². The van der Waals surface area contributed by atoms with Gasteiger partial charge in [-0.3, -0.25) is 4.79 Å². The maximum absolute atomic E-state index is 13.2. The summed E-state index contributed by atoms with van der Waals surface area (Å²) in [5.74, 6) is -1.54. The predicted octanol–water partition coefficient (Wildman–Crippen LogP) is 1.24. The molecule has 1 saturated heterocycles. The number of aliphatic carboxylic acids is 1. The molecule has 1 aliphatic carbocycles. The lowest BCUT2D eigenvalue weighted by atomic mass is 10.1. The number of carbonyl (C=O) groups is 2. The highest BCUT2D eigenvalue weighted by molar-refractivity contribution is 5.84. The molecule has 0 bridgehead atoms. The summed E-state index contributed by atoms with van der Waals surface area (Å²) in [4.78, 5) is 24.9. The van der Waals surface area contributed by atoms with Crippen LogP contribution in [0.25, 0.3) is 0 Å². The van der Waals surface area contributed by atoms with E-state index in [2.05, 4.69) is 0 Å². The number of morpholine rings is 1. The van der Waals surface area contributed by atoms with Gasteiger partial charge in [0.2, 0.25) is 5.91 Å². The lowest BCUT2D eigenvalue weighted by Crippen LogP contribution is -2.49. The summed E-state index contributed by atoms with van der Waals surface area (Å²) >= 11 is 0. The SMILES string of the molecule is O=C(O)[C@@H]1CN(C(=O)[C@H]2C[C@H]2c2cccc(F)c2)CCO1. The number of rotatable bonds is 3. The third kappa shape index (κ3) is 2.90. The molecule has 3 atom stereocenters. The summed E-state index contributed by atoms with van der Waals surface area (Å²) in [6.07, 6.45) is -0.258. The van der Waals surface area contributed by atoms with Crippen molar-refractivity contribution in [1.29, 1.82) is 0 Å². The van der Waals surface area contributed by atoms with E-state index in [4.69, 9.17) is 9.84 Å². The Morgan fingerprint density at radius 3 is 2.90 bits per heavy atom. The fourth-order valence-corrected chi connectivity index (χ4v) is 2.81. The average Bonchev–Trinajstić information content (AvgIpc) is 3.27. The predicted molar refractivity (Wildman–Crippen MR) is 71.2 cm³/mol. The van der Waals surface area contributed by atoms with Crippen molar-refractivity contribution >= 4 is 11.9 Å². The Bertz CT molecular complexity index is 577. The second kappa shape index (κ2) is 5.44. The molecular formula is C15H16FNO4. The Labute approximate surface area is 121 Å². The van der Waals surface area contributed by atoms with Gasteiger partial charge < -0.3 is 14.7 Å². The smallest absolute Gasteiger partial charge is 0.334 e. The van der Waals surface area contributed by atoms with Crippen LogP contribution in [0, 0.1) is 11.7 Å². The van der Waals surface area contributed by atoms with E-state index in [0.29, 0.717) is 13.0 Å². The van der Waals surface area contributed by atoms with E-state index in [1.54, 1.807) is 11.0 Å². The Morgan fingerprint density at radius 2 is 2.19 bits per heavy atom. The van der Waals surface area contributed by atoms with E-state index >= 15 is 0 Å². The molecule has 0 unspecified atom stereocenters. The first-order valence-electron chi connectivity index (χ1n) is 6.95. The number of ether oxygens (including phenoxy) is 1. The van der Waals surface area contributed by atoms with E-state index in [9.17, 15) is 14.0 Å². The minimum atomic E-state index is -1.05. The van der Waals surface area contributed by atoms with Crippen molar-refractivity contribution in [3.8, 4) is 0 Å². The molecule has 1 N–H and O–H groups in total. The van der Waals surface area contributed by atoms with Gasteiger partial charge in [-0.1, -0.05) is 12.1 Å². The van der Waals surface area contributed by atoms with Crippen LogP contribution in [0.2, 0.25) is 0 Å². The number of halogens is 1. The second-order valence-corrected chi connectivity index (χ2v) is 5.49. The number of benzene rings is 1. The number of hydrogen-bond donors (Lipinski definition) is 1. The molecule has 2 fully saturated rings. The Hall–Kier alpha value is -1.95. The number of carboxylic acid groups (broad SMARTS) is 1. The normalized spacial score (nSPS) is 28.2. The molecule has 5 nitrogen and oxygen atoms in total. The minimum Gasteiger partial charge on any atom is -0.479 e. The average molecular weight is 293 g/mol. The zero-order valence-corrected chi connectivity index (χ0v) is 11.4. The molecule has 6 heteroatoms. The van der Waals surface area contributed by atoms with Crippen molar-refractivity contribution in [2.24, 2.45) is 5.92 Å². The lowest BCUT2D eigenvalue weighted by molar-refractivity contribution is -0.159. The summed E-state index contributed by atoms with van der Waals surface area (Å²) in [5.41, 5.74) is 0.830. The molecule has 0 aromatic heterocycles. The van der Waals surface area contributed by atoms with Crippen molar-refractivity contribution < 1.29 is 23.8 Å². The number of carbonyl (C=O) groups excluding carboxylic acids is 1. The molecule has 1 heterocycles. The third-order valence-corrected chi connectivity index (χ3v) is 4.04. The van der Waals surface area contributed by atoms with Crippen LogP contribution in [0.4, 0.5) is 4.39 Å². The molecule has 21 heavy (non-hydrogen) atoms. The van der Waals surface area contributed by atoms with Crippen molar-refractivity contribution in [1.82, 2.24) is 4.90 Å². The van der Waals surface area contributed by atoms with Crippen molar-refractivity contribution in [2.75, 3.05) is 19.7 Å². The van der Waals surface area contributed by atoms with Gasteiger partial charge in [-0.2, -0.15) is 0 Å². The van der Waals surface area contributed by atoms with Crippen LogP contribution in [0.5, 0.6) is 0 Å². The van der Waals surface area contributed by atoms with E-state index in [0.717, 1.165) is 5.56 Å². The van der Waals surface area contributed by atoms with Gasteiger partial charge in [0.05, 0.1) is 13.2 Å². The first-order valence-corrected chi connectivity index (χ1v) is 6.95. The fourth-order valence-electron chi connectivity index (χ4n) is 2.81. The largest absolute Gasteiger partial charge is 0.479 e. The molecule has 0 spiro atoms. The standard InChI is InChI=1S/C15H16FNO4/c16-10-3-1-2-9(6-10)11-7-12(11)14(18)17-4-5-21-13(8-17)15(19)20/h1-3,6,11-13H,4-5,7-8H2,(H,19,20)/t11-,12-,13-/m0/s1. The van der Waals surface area contributed by atoms with Gasteiger partial charge in [0.25, 0.3) is 0 Å². The summed E-state index contributed by atoms with van der Waals surface area (Å²) in [6, 6.07) is 6.29. The molecular weight excluding hydrogens is 277 g/mol. The third-order valence-electron chi connectivity index (χ3n) is 4.04. The van der Waals surface area contributed by atoms with E-state index in [1.807, 2.05) is 6.07 Å². The molecule has 3 rings (SSSR count). The summed E-state index contributed by atoms with van der Waals surface area (Å²) < 4.78 is 18.3. The molecule has 0 radical (unpaired) electrons. The Kier molecular flexibility index (Phi) is 3.63. The first-order chi connectivity index (χ1) is 10.1. The van der Waals surface area contributed by atoms with Crippen LogP contribution in [-0.4, -0.2) is 47.7 Å². The number of carboxylic acids is 1. The highest BCUT2D eigenvalue weighted by atomic mass is 19.1. The van der Waals surface area contributed by atoms with E-state index in [1.165, 1.54) is 12.1 Å². The zero-order chi connectivity index (χ0) is 15.0. The second-order valence-electron chi connectivity index (χ2n) is 5.49. The van der Waals surface area contributed by atoms with E-state index < -0.39 is 12.1 Å². The van der Waals surface area contributed by atoms with Gasteiger partial charge in [-0.15, -0.1) is 0 Å². The zero-order valence-electron chi connectivity index (χ0n) is 11.4. The van der Waals surface area contributed by atoms with Gasteiger partial charge in [0, 0.05) is 12.5 Å². The van der Waals surface area contributed by atoms with Crippen LogP contribution in [0.3, 0.4) is 0 Å². The molecule has 1 aliphatic heterocycles. The Morgan fingerprint density at radius 1 is 1.38 bits per heavy atom. The first kappa shape index (κ1) is 14.0. The summed E-state index contributed by atoms with van der Waals surface area (Å²) in [7, 11) is 0. The quantitative estimate of drug-likeness (QED) is 0.910. The lowest BCUT2D eigenvalue weighted by Gasteiger charge is -2.31. The van der Waals surface area contributed by atoms with Crippen LogP contribution < -0.4 is 0 Å². The molecule has 1 aromatic rings. The molecule has 1 amide bonds. The van der Waals surface area contributed by atoms with E-state index in [-0.39, 0.29) is 36.7 Å². The highest BCUT2D eigenvalue weighted by Crippen LogP contribution is 2.48. The number of amides is 1. The maximum atomic E-state index is 13.2. The summed E-state index contributed by atoms with van der Waals surface area (Å²) in [6.45, 7) is 0.732. The minimum absolute atomic E-state index is 0.0410. The topological polar surface area (TPSA) is 66.8 Å². The van der Waals surface area contributed by atoms with Crippen molar-refractivity contribution in [2.45, 2.75) is 18.4 Å². The molecule has 1 saturated carbocycles. The highest BCUT2D eigenvalue weighted by Gasteiger charge is 2.46. The van der Waals surface area contributed by atoms with Crippen LogP contribution in [-0.2, 0) is 14.3 Å². The molecule has 1 aromatic carbocycles.